The highest BCUT2D eigenvalue weighted by molar-refractivity contribution is 6.10. The summed E-state index contributed by atoms with van der Waals surface area (Å²) in [6.45, 7) is 2.08. The van der Waals surface area contributed by atoms with Gasteiger partial charge in [-0.2, -0.15) is 5.26 Å². The number of amides is 1. The molecule has 2 N–H and O–H groups in total. The lowest BCUT2D eigenvalue weighted by Crippen LogP contribution is -2.14. The van der Waals surface area contributed by atoms with E-state index in [4.69, 9.17) is 9.84 Å². The minimum atomic E-state index is -0.990. The second kappa shape index (κ2) is 9.90. The Morgan fingerprint density at radius 1 is 1.03 bits per heavy atom. The van der Waals surface area contributed by atoms with Crippen molar-refractivity contribution in [3.8, 4) is 11.8 Å². The number of carboxylic acid groups (broad SMARTS) is 1. The molecule has 0 aliphatic heterocycles. The van der Waals surface area contributed by atoms with Crippen LogP contribution in [0.2, 0.25) is 0 Å². The quantitative estimate of drug-likeness (QED) is 0.428. The molecule has 0 heterocycles. The number of para-hydroxylation sites is 2. The minimum Gasteiger partial charge on any atom is -0.488 e. The van der Waals surface area contributed by atoms with E-state index < -0.39 is 11.9 Å². The van der Waals surface area contributed by atoms with E-state index in [0.717, 1.165) is 11.1 Å². The Labute approximate surface area is 180 Å². The minimum absolute atomic E-state index is 0.0508. The van der Waals surface area contributed by atoms with Crippen LogP contribution in [0.3, 0.4) is 0 Å². The Kier molecular flexibility index (Phi) is 6.82. The third kappa shape index (κ3) is 5.58. The summed E-state index contributed by atoms with van der Waals surface area (Å²) >= 11 is 0. The van der Waals surface area contributed by atoms with E-state index in [1.54, 1.807) is 42.5 Å². The molecule has 3 aromatic rings. The molecule has 0 aliphatic rings. The van der Waals surface area contributed by atoms with Crippen molar-refractivity contribution in [2.45, 2.75) is 13.5 Å². The number of carboxylic acids is 1. The molecule has 3 rings (SSSR count). The van der Waals surface area contributed by atoms with Crippen LogP contribution in [0.15, 0.2) is 78.4 Å². The normalized spacial score (nSPS) is 10.8. The van der Waals surface area contributed by atoms with Crippen molar-refractivity contribution in [1.82, 2.24) is 0 Å². The SMILES string of the molecule is Cc1ccccc1NC(=O)/C(C#N)=C/c1ccccc1OCc1ccc(C(=O)O)cc1. The number of nitrogens with zero attached hydrogens (tertiary/aromatic N) is 1. The Bertz CT molecular complexity index is 1170. The lowest BCUT2D eigenvalue weighted by atomic mass is 10.1. The molecule has 6 heteroatoms. The highest BCUT2D eigenvalue weighted by atomic mass is 16.5. The first kappa shape index (κ1) is 21.3. The molecule has 6 nitrogen and oxygen atoms in total. The van der Waals surface area contributed by atoms with Gasteiger partial charge in [-0.05, 0) is 48.4 Å². The van der Waals surface area contributed by atoms with Crippen LogP contribution >= 0.6 is 0 Å². The van der Waals surface area contributed by atoms with Crippen LogP contribution in [-0.2, 0) is 11.4 Å². The molecule has 0 saturated carbocycles. The molecule has 1 amide bonds. The van der Waals surface area contributed by atoms with E-state index in [0.29, 0.717) is 17.0 Å². The van der Waals surface area contributed by atoms with E-state index in [1.165, 1.54) is 18.2 Å². The van der Waals surface area contributed by atoms with Crippen LogP contribution in [-0.4, -0.2) is 17.0 Å². The summed E-state index contributed by atoms with van der Waals surface area (Å²) < 4.78 is 5.85. The van der Waals surface area contributed by atoms with E-state index in [1.807, 2.05) is 31.2 Å². The lowest BCUT2D eigenvalue weighted by Gasteiger charge is -2.11. The van der Waals surface area contributed by atoms with Gasteiger partial charge in [-0.25, -0.2) is 4.79 Å². The number of hydrogen-bond donors (Lipinski definition) is 2. The molecule has 154 valence electrons. The topological polar surface area (TPSA) is 99.4 Å². The van der Waals surface area contributed by atoms with Gasteiger partial charge in [-0.1, -0.05) is 48.5 Å². The van der Waals surface area contributed by atoms with Crippen LogP contribution in [0.1, 0.15) is 27.0 Å². The lowest BCUT2D eigenvalue weighted by molar-refractivity contribution is -0.112. The maximum absolute atomic E-state index is 12.6. The van der Waals surface area contributed by atoms with Crippen molar-refractivity contribution >= 4 is 23.6 Å². The summed E-state index contributed by atoms with van der Waals surface area (Å²) in [6, 6.07) is 22.7. The average Bonchev–Trinajstić information content (AvgIpc) is 2.78. The van der Waals surface area contributed by atoms with Crippen LogP contribution in [0.4, 0.5) is 5.69 Å². The molecule has 0 atom stereocenters. The number of carbonyl (C=O) groups excluding carboxylic acids is 1. The van der Waals surface area contributed by atoms with Gasteiger partial charge in [0.1, 0.15) is 24.0 Å². The van der Waals surface area contributed by atoms with Gasteiger partial charge in [-0.15, -0.1) is 0 Å². The molecule has 0 fully saturated rings. The van der Waals surface area contributed by atoms with Crippen molar-refractivity contribution in [3.63, 3.8) is 0 Å². The highest BCUT2D eigenvalue weighted by Gasteiger charge is 2.12. The fraction of sp³-hybridized carbons (Fsp3) is 0.0800. The first-order valence-electron chi connectivity index (χ1n) is 9.51. The van der Waals surface area contributed by atoms with Crippen molar-refractivity contribution in [2.75, 3.05) is 5.32 Å². The molecule has 0 aliphatic carbocycles. The number of nitrogens with one attached hydrogen (secondary N) is 1. The fourth-order valence-electron chi connectivity index (χ4n) is 2.84. The predicted molar refractivity (Wildman–Crippen MR) is 118 cm³/mol. The maximum atomic E-state index is 12.6. The third-order valence-electron chi connectivity index (χ3n) is 4.57. The van der Waals surface area contributed by atoms with E-state index >= 15 is 0 Å². The fourth-order valence-corrected chi connectivity index (χ4v) is 2.84. The number of nitriles is 1. The zero-order valence-corrected chi connectivity index (χ0v) is 16.8. The van der Waals surface area contributed by atoms with Crippen LogP contribution in [0.5, 0.6) is 5.75 Å². The summed E-state index contributed by atoms with van der Waals surface area (Å²) in [4.78, 5) is 23.5. The molecule has 0 saturated heterocycles. The van der Waals surface area contributed by atoms with Gasteiger partial charge in [0.25, 0.3) is 5.91 Å². The number of ether oxygens (including phenoxy) is 1. The summed E-state index contributed by atoms with van der Waals surface area (Å²) in [5.74, 6) is -0.993. The van der Waals surface area contributed by atoms with Gasteiger partial charge in [0, 0.05) is 11.3 Å². The summed E-state index contributed by atoms with van der Waals surface area (Å²) in [6.07, 6.45) is 1.48. The van der Waals surface area contributed by atoms with Crippen molar-refractivity contribution in [3.05, 3.63) is 101 Å². The summed E-state index contributed by atoms with van der Waals surface area (Å²) in [5, 5.41) is 21.2. The van der Waals surface area contributed by atoms with E-state index in [2.05, 4.69) is 5.32 Å². The third-order valence-corrected chi connectivity index (χ3v) is 4.57. The van der Waals surface area contributed by atoms with Crippen molar-refractivity contribution in [2.24, 2.45) is 0 Å². The molecule has 0 aromatic heterocycles. The van der Waals surface area contributed by atoms with Crippen LogP contribution < -0.4 is 10.1 Å². The second-order valence-electron chi connectivity index (χ2n) is 6.77. The van der Waals surface area contributed by atoms with Crippen LogP contribution in [0.25, 0.3) is 6.08 Å². The van der Waals surface area contributed by atoms with Gasteiger partial charge in [-0.3, -0.25) is 4.79 Å². The molecule has 0 unspecified atom stereocenters. The number of anilines is 1. The first-order chi connectivity index (χ1) is 15.0. The highest BCUT2D eigenvalue weighted by Crippen LogP contribution is 2.23. The maximum Gasteiger partial charge on any atom is 0.335 e. The van der Waals surface area contributed by atoms with Gasteiger partial charge >= 0.3 is 5.97 Å². The Balaban J connectivity index is 1.77. The number of carbonyl (C=O) groups is 2. The molecule has 0 bridgehead atoms. The Morgan fingerprint density at radius 3 is 2.39 bits per heavy atom. The van der Waals surface area contributed by atoms with Crippen molar-refractivity contribution in [1.29, 1.82) is 5.26 Å². The molecule has 0 radical (unpaired) electrons. The summed E-state index contributed by atoms with van der Waals surface area (Å²) in [5.41, 5.74) is 3.06. The number of rotatable bonds is 7. The van der Waals surface area contributed by atoms with Gasteiger partial charge < -0.3 is 15.2 Å². The van der Waals surface area contributed by atoms with Crippen LogP contribution in [0, 0.1) is 18.3 Å². The Hall–Kier alpha value is -4.37. The molecule has 3 aromatic carbocycles. The number of aryl methyl sites for hydroxylation is 1. The number of benzene rings is 3. The average molecular weight is 412 g/mol. The molecular formula is C25H20N2O4. The zero-order valence-electron chi connectivity index (χ0n) is 16.8. The van der Waals surface area contributed by atoms with E-state index in [9.17, 15) is 14.9 Å². The number of hydrogen-bond acceptors (Lipinski definition) is 4. The molecular weight excluding hydrogens is 392 g/mol. The smallest absolute Gasteiger partial charge is 0.335 e. The van der Waals surface area contributed by atoms with Gasteiger partial charge in [0.05, 0.1) is 5.56 Å². The van der Waals surface area contributed by atoms with Gasteiger partial charge in [0.2, 0.25) is 0 Å². The van der Waals surface area contributed by atoms with Gasteiger partial charge in [0.15, 0.2) is 0 Å². The van der Waals surface area contributed by atoms with Crippen molar-refractivity contribution < 1.29 is 19.4 Å². The Morgan fingerprint density at radius 2 is 1.71 bits per heavy atom. The number of aromatic carboxylic acids is 1. The second-order valence-corrected chi connectivity index (χ2v) is 6.77. The standard InChI is InChI=1S/C25H20N2O4/c1-17-6-2-4-8-22(17)27-24(28)21(15-26)14-20-7-3-5-9-23(20)31-16-18-10-12-19(13-11-18)25(29)30/h2-14H,16H2,1H3,(H,27,28)(H,29,30)/b21-14+. The largest absolute Gasteiger partial charge is 0.488 e. The monoisotopic (exact) mass is 412 g/mol. The zero-order chi connectivity index (χ0) is 22.2. The predicted octanol–water partition coefficient (Wildman–Crippen LogP) is 4.82. The van der Waals surface area contributed by atoms with E-state index in [-0.39, 0.29) is 17.7 Å². The molecule has 31 heavy (non-hydrogen) atoms. The molecule has 0 spiro atoms. The first-order valence-corrected chi connectivity index (χ1v) is 9.51. The summed E-state index contributed by atoms with van der Waals surface area (Å²) in [7, 11) is 0.